The summed E-state index contributed by atoms with van der Waals surface area (Å²) >= 11 is 0. The minimum absolute atomic E-state index is 0.112. The second kappa shape index (κ2) is 15.6. The third-order valence-electron chi connectivity index (χ3n) is 6.27. The van der Waals surface area contributed by atoms with Crippen LogP contribution in [-0.4, -0.2) is 56.1 Å². The Morgan fingerprint density at radius 3 is 2.16 bits per heavy atom. The zero-order chi connectivity index (χ0) is 33.1. The van der Waals surface area contributed by atoms with Crippen LogP contribution in [0, 0.1) is 5.92 Å². The van der Waals surface area contributed by atoms with E-state index in [4.69, 9.17) is 10.5 Å². The standard InChI is InChI=1S/C33H34N4O8/c1-6-21-7-13-25(26-14-10-23(16-28(26)32(41)43-5)30(39)35-17-19(2)3)27(15-21)31(40)36-24-11-8-22(9-12-24)29(34)37-33(42)45-18-44-20(4)38/h6-16,19H,1,17-18H2,2-5H3,(H,35,39)(H,36,40)(H2,34,37,42). The fourth-order valence-electron chi connectivity index (χ4n) is 3.99. The van der Waals surface area contributed by atoms with Crippen molar-refractivity contribution in [1.82, 2.24) is 5.32 Å². The Morgan fingerprint density at radius 2 is 1.53 bits per heavy atom. The van der Waals surface area contributed by atoms with Crippen LogP contribution in [0.3, 0.4) is 0 Å². The molecule has 0 fully saturated rings. The summed E-state index contributed by atoms with van der Waals surface area (Å²) in [6.45, 7) is 8.75. The smallest absolute Gasteiger partial charge is 0.438 e. The summed E-state index contributed by atoms with van der Waals surface area (Å²) in [6, 6.07) is 15.9. The van der Waals surface area contributed by atoms with E-state index in [1.54, 1.807) is 48.5 Å². The van der Waals surface area contributed by atoms with Gasteiger partial charge in [0.1, 0.15) is 5.84 Å². The molecule has 4 N–H and O–H groups in total. The topological polar surface area (TPSA) is 175 Å². The van der Waals surface area contributed by atoms with Crippen LogP contribution >= 0.6 is 0 Å². The Hall–Kier alpha value is -5.78. The van der Waals surface area contributed by atoms with Gasteiger partial charge in [-0.15, -0.1) is 0 Å². The molecule has 0 aromatic heterocycles. The fraction of sp³-hybridized carbons (Fsp3) is 0.212. The average Bonchev–Trinajstić information content (AvgIpc) is 3.02. The van der Waals surface area contributed by atoms with Gasteiger partial charge in [0, 0.05) is 35.8 Å². The molecule has 3 amide bonds. The van der Waals surface area contributed by atoms with E-state index in [9.17, 15) is 24.0 Å². The number of benzene rings is 3. The van der Waals surface area contributed by atoms with E-state index >= 15 is 0 Å². The molecule has 12 heteroatoms. The van der Waals surface area contributed by atoms with Gasteiger partial charge in [-0.05, 0) is 65.1 Å². The number of methoxy groups -OCH3 is 1. The summed E-state index contributed by atoms with van der Waals surface area (Å²) in [4.78, 5) is 65.3. The molecule has 3 aromatic rings. The quantitative estimate of drug-likeness (QED) is 0.119. The van der Waals surface area contributed by atoms with E-state index in [2.05, 4.69) is 31.7 Å². The van der Waals surface area contributed by atoms with Gasteiger partial charge in [-0.25, -0.2) is 9.59 Å². The van der Waals surface area contributed by atoms with Crippen LogP contribution < -0.4 is 16.4 Å². The largest absolute Gasteiger partial charge is 0.465 e. The summed E-state index contributed by atoms with van der Waals surface area (Å²) < 4.78 is 14.2. The van der Waals surface area contributed by atoms with Crippen molar-refractivity contribution in [3.8, 4) is 11.1 Å². The van der Waals surface area contributed by atoms with Crippen molar-refractivity contribution in [3.63, 3.8) is 0 Å². The lowest BCUT2D eigenvalue weighted by molar-refractivity contribution is -0.148. The van der Waals surface area contributed by atoms with Crippen LogP contribution in [0.4, 0.5) is 10.5 Å². The van der Waals surface area contributed by atoms with Gasteiger partial charge in [0.05, 0.1) is 12.7 Å². The summed E-state index contributed by atoms with van der Waals surface area (Å²) in [5.41, 5.74) is 8.73. The first kappa shape index (κ1) is 33.7. The number of esters is 2. The molecule has 0 bridgehead atoms. The van der Waals surface area contributed by atoms with E-state index < -0.39 is 30.7 Å². The van der Waals surface area contributed by atoms with Gasteiger partial charge in [-0.1, -0.05) is 44.7 Å². The highest BCUT2D eigenvalue weighted by Crippen LogP contribution is 2.31. The Morgan fingerprint density at radius 1 is 0.889 bits per heavy atom. The van der Waals surface area contributed by atoms with Crippen molar-refractivity contribution in [1.29, 1.82) is 0 Å². The van der Waals surface area contributed by atoms with Crippen molar-refractivity contribution in [2.45, 2.75) is 20.8 Å². The first-order chi connectivity index (χ1) is 21.4. The summed E-state index contributed by atoms with van der Waals surface area (Å²) in [6.07, 6.45) is 0.536. The summed E-state index contributed by atoms with van der Waals surface area (Å²) in [7, 11) is 1.24. The Labute approximate surface area is 260 Å². The van der Waals surface area contributed by atoms with E-state index in [1.165, 1.54) is 25.3 Å². The molecular weight excluding hydrogens is 580 g/mol. The van der Waals surface area contributed by atoms with Crippen LogP contribution in [0.5, 0.6) is 0 Å². The highest BCUT2D eigenvalue weighted by molar-refractivity contribution is 6.11. The molecule has 12 nitrogen and oxygen atoms in total. The maximum Gasteiger partial charge on any atom is 0.438 e. The molecule has 45 heavy (non-hydrogen) atoms. The summed E-state index contributed by atoms with van der Waals surface area (Å²) in [5, 5.41) is 5.64. The number of carbonyl (C=O) groups is 5. The lowest BCUT2D eigenvalue weighted by Gasteiger charge is -2.16. The molecule has 0 aliphatic rings. The van der Waals surface area contributed by atoms with Crippen LogP contribution in [0.2, 0.25) is 0 Å². The maximum atomic E-state index is 13.6. The predicted molar refractivity (Wildman–Crippen MR) is 169 cm³/mol. The van der Waals surface area contributed by atoms with E-state index in [0.717, 1.165) is 6.92 Å². The molecule has 0 aliphatic heterocycles. The molecule has 234 valence electrons. The van der Waals surface area contributed by atoms with E-state index in [0.29, 0.717) is 34.5 Å². The van der Waals surface area contributed by atoms with Crippen molar-refractivity contribution >= 4 is 47.4 Å². The zero-order valence-electron chi connectivity index (χ0n) is 25.3. The number of nitrogens with one attached hydrogen (secondary N) is 2. The number of amides is 3. The predicted octanol–water partition coefficient (Wildman–Crippen LogP) is 4.78. The van der Waals surface area contributed by atoms with E-state index in [-0.39, 0.29) is 34.4 Å². The molecule has 0 saturated heterocycles. The molecule has 0 spiro atoms. The van der Waals surface area contributed by atoms with Crippen molar-refractivity contribution < 1.29 is 38.2 Å². The lowest BCUT2D eigenvalue weighted by atomic mass is 9.92. The number of ether oxygens (including phenoxy) is 3. The minimum Gasteiger partial charge on any atom is -0.465 e. The fourth-order valence-corrected chi connectivity index (χ4v) is 3.99. The van der Waals surface area contributed by atoms with E-state index in [1.807, 2.05) is 13.8 Å². The van der Waals surface area contributed by atoms with Gasteiger partial charge in [0.15, 0.2) is 0 Å². The zero-order valence-corrected chi connectivity index (χ0v) is 25.3. The lowest BCUT2D eigenvalue weighted by Crippen LogP contribution is -2.27. The number of nitrogens with zero attached hydrogens (tertiary/aromatic N) is 1. The number of hydrogen-bond donors (Lipinski definition) is 3. The first-order valence-corrected chi connectivity index (χ1v) is 13.8. The molecule has 0 atom stereocenters. The molecule has 3 rings (SSSR count). The number of rotatable bonds is 11. The second-order valence-corrected chi connectivity index (χ2v) is 10.1. The number of aliphatic imine (C=N–C) groups is 1. The third kappa shape index (κ3) is 9.35. The first-order valence-electron chi connectivity index (χ1n) is 13.8. The van der Waals surface area contributed by atoms with Gasteiger partial charge < -0.3 is 30.6 Å². The number of carbonyl (C=O) groups excluding carboxylic acids is 5. The van der Waals surface area contributed by atoms with Gasteiger partial charge in [-0.3, -0.25) is 14.4 Å². The molecule has 0 saturated carbocycles. The molecule has 0 heterocycles. The number of nitrogens with two attached hydrogens (primary N) is 1. The Kier molecular flexibility index (Phi) is 11.7. The molecule has 3 aromatic carbocycles. The number of hydrogen-bond acceptors (Lipinski definition) is 8. The third-order valence-corrected chi connectivity index (χ3v) is 6.27. The monoisotopic (exact) mass is 614 g/mol. The normalized spacial score (nSPS) is 10.9. The van der Waals surface area contributed by atoms with Gasteiger partial charge in [0.2, 0.25) is 6.79 Å². The highest BCUT2D eigenvalue weighted by atomic mass is 16.7. The van der Waals surface area contributed by atoms with Gasteiger partial charge in [-0.2, -0.15) is 4.99 Å². The summed E-state index contributed by atoms with van der Waals surface area (Å²) in [5.74, 6) is -2.04. The number of anilines is 1. The molecule has 0 radical (unpaired) electrons. The minimum atomic E-state index is -1.05. The molecule has 0 unspecified atom stereocenters. The maximum absolute atomic E-state index is 13.6. The van der Waals surface area contributed by atoms with Gasteiger partial charge in [0.25, 0.3) is 11.8 Å². The second-order valence-electron chi connectivity index (χ2n) is 10.1. The van der Waals surface area contributed by atoms with Crippen LogP contribution in [0.1, 0.15) is 63.0 Å². The Balaban J connectivity index is 1.90. The Bertz CT molecular complexity index is 1640. The molecular formula is C33H34N4O8. The van der Waals surface area contributed by atoms with Crippen molar-refractivity contribution in [3.05, 3.63) is 95.1 Å². The SMILES string of the molecule is C=Cc1ccc(-c2ccc(C(=O)NCC(C)C)cc2C(=O)OC)c(C(=O)Nc2ccc(/C(N)=N\C(=O)OCOC(C)=O)cc2)c1. The highest BCUT2D eigenvalue weighted by Gasteiger charge is 2.22. The average molecular weight is 615 g/mol. The van der Waals surface area contributed by atoms with Crippen LogP contribution in [0.15, 0.2) is 72.2 Å². The van der Waals surface area contributed by atoms with Crippen molar-refractivity contribution in [2.24, 2.45) is 16.6 Å². The van der Waals surface area contributed by atoms with Crippen molar-refractivity contribution in [2.75, 3.05) is 25.8 Å². The van der Waals surface area contributed by atoms with Crippen LogP contribution in [-0.2, 0) is 19.0 Å². The van der Waals surface area contributed by atoms with Gasteiger partial charge >= 0.3 is 18.0 Å². The van der Waals surface area contributed by atoms with Crippen LogP contribution in [0.25, 0.3) is 17.2 Å². The molecule has 0 aliphatic carbocycles. The number of amidine groups is 1.